The summed E-state index contributed by atoms with van der Waals surface area (Å²) in [6.45, 7) is 4.64. The van der Waals surface area contributed by atoms with Crippen LogP contribution in [0.1, 0.15) is 47.8 Å². The van der Waals surface area contributed by atoms with Crippen LogP contribution in [0, 0.1) is 11.3 Å². The highest BCUT2D eigenvalue weighted by atomic mass is 16.2. The lowest BCUT2D eigenvalue weighted by Crippen LogP contribution is -2.31. The molecule has 0 spiro atoms. The van der Waals surface area contributed by atoms with Crippen molar-refractivity contribution < 1.29 is 14.4 Å². The summed E-state index contributed by atoms with van der Waals surface area (Å²) in [5, 5.41) is 8.95. The van der Waals surface area contributed by atoms with Gasteiger partial charge >= 0.3 is 0 Å². The van der Waals surface area contributed by atoms with Crippen molar-refractivity contribution in [3.05, 3.63) is 119 Å². The molecule has 33 heavy (non-hydrogen) atoms. The van der Waals surface area contributed by atoms with E-state index in [9.17, 15) is 14.4 Å². The summed E-state index contributed by atoms with van der Waals surface area (Å²) in [5.74, 6) is -0.780. The molecule has 3 aromatic rings. The van der Waals surface area contributed by atoms with E-state index < -0.39 is 0 Å². The van der Waals surface area contributed by atoms with E-state index in [4.69, 9.17) is 5.26 Å². The minimum absolute atomic E-state index is 0.141. The van der Waals surface area contributed by atoms with Gasteiger partial charge in [-0.25, -0.2) is 0 Å². The first-order chi connectivity index (χ1) is 16.0. The number of amides is 3. The van der Waals surface area contributed by atoms with Gasteiger partial charge in [0, 0.05) is 18.7 Å². The molecule has 0 saturated carbocycles. The number of imide groups is 1. The third-order valence-electron chi connectivity index (χ3n) is 5.51. The number of hydrogen-bond acceptors (Lipinski definition) is 4. The summed E-state index contributed by atoms with van der Waals surface area (Å²) in [7, 11) is 0. The number of benzene rings is 3. The van der Waals surface area contributed by atoms with Gasteiger partial charge in [0.05, 0.1) is 29.3 Å². The molecule has 1 aliphatic heterocycles. The van der Waals surface area contributed by atoms with Crippen molar-refractivity contribution in [1.82, 2.24) is 9.80 Å². The van der Waals surface area contributed by atoms with Gasteiger partial charge in [0.15, 0.2) is 0 Å². The molecule has 6 heteroatoms. The second-order valence-corrected chi connectivity index (χ2v) is 7.72. The quantitative estimate of drug-likeness (QED) is 0.412. The van der Waals surface area contributed by atoms with E-state index in [1.54, 1.807) is 71.6 Å². The van der Waals surface area contributed by atoms with E-state index in [-0.39, 0.29) is 24.3 Å². The first kappa shape index (κ1) is 21.7. The fourth-order valence-electron chi connectivity index (χ4n) is 3.78. The first-order valence-electron chi connectivity index (χ1n) is 10.4. The number of nitrogens with zero attached hydrogens (tertiary/aromatic N) is 3. The fourth-order valence-corrected chi connectivity index (χ4v) is 3.78. The Bertz CT molecular complexity index is 1240. The molecule has 3 amide bonds. The third kappa shape index (κ3) is 4.43. The van der Waals surface area contributed by atoms with Crippen molar-refractivity contribution >= 4 is 17.7 Å². The Balaban J connectivity index is 1.46. The maximum Gasteiger partial charge on any atom is 0.261 e. The van der Waals surface area contributed by atoms with Crippen LogP contribution in [0.25, 0.3) is 0 Å². The number of carbonyl (C=O) groups excluding carboxylic acids is 3. The molecular weight excluding hydrogens is 414 g/mol. The topological polar surface area (TPSA) is 81.5 Å². The highest BCUT2D eigenvalue weighted by Gasteiger charge is 2.34. The zero-order valence-corrected chi connectivity index (χ0v) is 17.9. The molecule has 4 rings (SSSR count). The summed E-state index contributed by atoms with van der Waals surface area (Å²) in [5.41, 5.74) is 3.55. The van der Waals surface area contributed by atoms with Gasteiger partial charge in [-0.05, 0) is 47.5 Å². The second-order valence-electron chi connectivity index (χ2n) is 7.72. The van der Waals surface area contributed by atoms with Crippen LogP contribution in [-0.4, -0.2) is 34.1 Å². The number of hydrogen-bond donors (Lipinski definition) is 0. The standard InChI is InChI=1S/C27H21N3O3/c1-2-15-29(17-20-9-7-19(16-28)8-10-20)25(31)22-13-11-21(12-14-22)18-30-26(32)23-5-3-4-6-24(23)27(30)33/h2-14H,1,15,17-18H2. The van der Waals surface area contributed by atoms with E-state index >= 15 is 0 Å². The molecule has 0 aromatic heterocycles. The molecule has 3 aromatic carbocycles. The van der Waals surface area contributed by atoms with Crippen LogP contribution in [0.2, 0.25) is 0 Å². The van der Waals surface area contributed by atoms with Crippen molar-refractivity contribution in [2.75, 3.05) is 6.54 Å². The maximum absolute atomic E-state index is 13.1. The Morgan fingerprint density at radius 3 is 2.03 bits per heavy atom. The molecular formula is C27H21N3O3. The van der Waals surface area contributed by atoms with Gasteiger partial charge in [-0.2, -0.15) is 5.26 Å². The molecule has 6 nitrogen and oxygen atoms in total. The Hall–Kier alpha value is -4.50. The molecule has 0 N–H and O–H groups in total. The second kappa shape index (κ2) is 9.33. The van der Waals surface area contributed by atoms with Gasteiger partial charge in [0.1, 0.15) is 0 Å². The van der Waals surface area contributed by atoms with Crippen molar-refractivity contribution in [3.63, 3.8) is 0 Å². The smallest absolute Gasteiger partial charge is 0.261 e. The van der Waals surface area contributed by atoms with Gasteiger partial charge in [-0.15, -0.1) is 6.58 Å². The van der Waals surface area contributed by atoms with Gasteiger partial charge in [-0.3, -0.25) is 19.3 Å². The van der Waals surface area contributed by atoms with Gasteiger partial charge < -0.3 is 4.90 Å². The Morgan fingerprint density at radius 2 is 1.48 bits per heavy atom. The highest BCUT2D eigenvalue weighted by Crippen LogP contribution is 2.24. The van der Waals surface area contributed by atoms with Crippen molar-refractivity contribution in [3.8, 4) is 6.07 Å². The Morgan fingerprint density at radius 1 is 0.909 bits per heavy atom. The number of carbonyl (C=O) groups is 3. The minimum Gasteiger partial charge on any atom is -0.331 e. The van der Waals surface area contributed by atoms with E-state index in [0.29, 0.717) is 35.3 Å². The molecule has 0 aliphatic carbocycles. The monoisotopic (exact) mass is 435 g/mol. The van der Waals surface area contributed by atoms with E-state index in [1.165, 1.54) is 4.90 Å². The van der Waals surface area contributed by atoms with Gasteiger partial charge in [0.2, 0.25) is 0 Å². The fraction of sp³-hybridized carbons (Fsp3) is 0.111. The Kier molecular flexibility index (Phi) is 6.14. The normalized spacial score (nSPS) is 12.3. The summed E-state index contributed by atoms with van der Waals surface area (Å²) in [4.78, 5) is 41.1. The van der Waals surface area contributed by atoms with Crippen LogP contribution < -0.4 is 0 Å². The van der Waals surface area contributed by atoms with Crippen molar-refractivity contribution in [2.45, 2.75) is 13.1 Å². The molecule has 0 saturated heterocycles. The highest BCUT2D eigenvalue weighted by molar-refractivity contribution is 6.21. The van der Waals surface area contributed by atoms with Crippen LogP contribution in [0.5, 0.6) is 0 Å². The lowest BCUT2D eigenvalue weighted by atomic mass is 10.1. The lowest BCUT2D eigenvalue weighted by molar-refractivity contribution is 0.0641. The molecule has 1 aliphatic rings. The SMILES string of the molecule is C=CCN(Cc1ccc(C#N)cc1)C(=O)c1ccc(CN2C(=O)c3ccccc3C2=O)cc1. The molecule has 0 atom stereocenters. The predicted molar refractivity (Wildman–Crippen MR) is 123 cm³/mol. The average molecular weight is 435 g/mol. The molecule has 0 unspecified atom stereocenters. The number of nitriles is 1. The van der Waals surface area contributed by atoms with Crippen LogP contribution in [0.4, 0.5) is 0 Å². The van der Waals surface area contributed by atoms with E-state index in [0.717, 1.165) is 11.1 Å². The van der Waals surface area contributed by atoms with Gasteiger partial charge in [-0.1, -0.05) is 42.5 Å². The average Bonchev–Trinajstić information content (AvgIpc) is 3.09. The molecule has 0 fully saturated rings. The van der Waals surface area contributed by atoms with Crippen LogP contribution in [-0.2, 0) is 13.1 Å². The Labute approximate surface area is 192 Å². The van der Waals surface area contributed by atoms with Crippen LogP contribution in [0.15, 0.2) is 85.5 Å². The minimum atomic E-state index is -0.310. The summed E-state index contributed by atoms with van der Waals surface area (Å²) in [6.07, 6.45) is 1.66. The first-order valence-corrected chi connectivity index (χ1v) is 10.4. The molecule has 162 valence electrons. The molecule has 1 heterocycles. The number of rotatable bonds is 7. The summed E-state index contributed by atoms with van der Waals surface area (Å²) >= 11 is 0. The van der Waals surface area contributed by atoms with E-state index in [1.807, 2.05) is 12.1 Å². The van der Waals surface area contributed by atoms with Crippen LogP contribution in [0.3, 0.4) is 0 Å². The predicted octanol–water partition coefficient (Wildman–Crippen LogP) is 4.18. The zero-order valence-electron chi connectivity index (χ0n) is 17.9. The van der Waals surface area contributed by atoms with Crippen molar-refractivity contribution in [2.24, 2.45) is 0 Å². The maximum atomic E-state index is 13.1. The van der Waals surface area contributed by atoms with Gasteiger partial charge in [0.25, 0.3) is 17.7 Å². The van der Waals surface area contributed by atoms with E-state index in [2.05, 4.69) is 12.6 Å². The number of fused-ring (bicyclic) bond motifs is 1. The lowest BCUT2D eigenvalue weighted by Gasteiger charge is -2.22. The molecule has 0 bridgehead atoms. The molecule has 0 radical (unpaired) electrons. The van der Waals surface area contributed by atoms with Crippen LogP contribution >= 0.6 is 0 Å². The zero-order chi connectivity index (χ0) is 23.4. The third-order valence-corrected chi connectivity index (χ3v) is 5.51. The summed E-state index contributed by atoms with van der Waals surface area (Å²) in [6, 6.07) is 22.9. The summed E-state index contributed by atoms with van der Waals surface area (Å²) < 4.78 is 0. The van der Waals surface area contributed by atoms with Crippen molar-refractivity contribution in [1.29, 1.82) is 5.26 Å². The largest absolute Gasteiger partial charge is 0.331 e.